The Morgan fingerprint density at radius 2 is 0.917 bits per heavy atom. The van der Waals surface area contributed by atoms with Gasteiger partial charge in [0.2, 0.25) is 28.3 Å². The SMILES string of the molecule is Cc1ccc2[n+](c1)C13/C=C(/c4ccccc4-c4ccc-2c(c4)C1)C12/C=C4\C=C/3c3ccccc3-c3ccc5c(c3)C1(c1cc(ccc1-c1ccc(C)c[n+]12)-c1ccccc14)[n+]1c(-c2ccccc2)cccc1-5. The number of fused-ring (bicyclic) bond motifs is 12. The zero-order valence-corrected chi connectivity index (χ0v) is 40.0. The fraction of sp³-hybridized carbons (Fsp3) is 0.0870. The highest BCUT2D eigenvalue weighted by molar-refractivity contribution is 6.02. The van der Waals surface area contributed by atoms with Crippen molar-refractivity contribution in [1.82, 2.24) is 0 Å². The van der Waals surface area contributed by atoms with E-state index >= 15 is 0 Å². The molecular weight excluding hydrogens is 871 g/mol. The molecule has 3 aromatic heterocycles. The van der Waals surface area contributed by atoms with Crippen molar-refractivity contribution in [2.75, 3.05) is 0 Å². The van der Waals surface area contributed by atoms with Crippen LogP contribution < -0.4 is 13.7 Å². The Labute approximate surface area is 419 Å². The van der Waals surface area contributed by atoms with E-state index in [1.54, 1.807) is 0 Å². The summed E-state index contributed by atoms with van der Waals surface area (Å²) in [6.45, 7) is 4.55. The topological polar surface area (TPSA) is 11.6 Å². The van der Waals surface area contributed by atoms with E-state index in [9.17, 15) is 0 Å². The summed E-state index contributed by atoms with van der Waals surface area (Å²) in [4.78, 5) is 0. The first-order chi connectivity index (χ1) is 35.4. The maximum Gasteiger partial charge on any atom is 0.293 e. The molecule has 18 rings (SSSR count). The lowest BCUT2D eigenvalue weighted by molar-refractivity contribution is -0.830. The molecule has 3 unspecified atom stereocenters. The quantitative estimate of drug-likeness (QED) is 0.145. The van der Waals surface area contributed by atoms with E-state index < -0.39 is 16.6 Å². The van der Waals surface area contributed by atoms with Crippen molar-refractivity contribution in [3.05, 3.63) is 275 Å². The van der Waals surface area contributed by atoms with E-state index in [0.29, 0.717) is 0 Å². The van der Waals surface area contributed by atoms with Crippen molar-refractivity contribution >= 4 is 16.7 Å². The third-order valence-corrected chi connectivity index (χ3v) is 17.7. The van der Waals surface area contributed by atoms with E-state index in [4.69, 9.17) is 0 Å². The molecule has 10 aromatic rings. The minimum absolute atomic E-state index is 0.735. The molecular formula is C69H46N3+3. The van der Waals surface area contributed by atoms with E-state index in [-0.39, 0.29) is 0 Å². The summed E-state index contributed by atoms with van der Waals surface area (Å²) in [7, 11) is 0. The van der Waals surface area contributed by atoms with Crippen LogP contribution in [0, 0.1) is 13.8 Å². The molecule has 0 radical (unpaired) electrons. The lowest BCUT2D eigenvalue weighted by Gasteiger charge is -2.46. The van der Waals surface area contributed by atoms with E-state index in [2.05, 4.69) is 258 Å². The van der Waals surface area contributed by atoms with Gasteiger partial charge in [-0.25, -0.2) is 0 Å². The maximum atomic E-state index is 2.81. The molecule has 0 saturated carbocycles. The van der Waals surface area contributed by atoms with E-state index in [1.807, 2.05) is 0 Å². The Morgan fingerprint density at radius 3 is 1.61 bits per heavy atom. The number of benzene rings is 7. The molecule has 3 spiro atoms. The number of pyridine rings is 3. The van der Waals surface area contributed by atoms with Gasteiger partial charge in [0, 0.05) is 76.2 Å². The van der Waals surface area contributed by atoms with Crippen molar-refractivity contribution in [2.45, 2.75) is 36.9 Å². The molecule has 8 aliphatic rings. The van der Waals surface area contributed by atoms with Crippen LogP contribution in [-0.4, -0.2) is 0 Å². The third-order valence-electron chi connectivity index (χ3n) is 17.7. The molecule has 0 N–H and O–H groups in total. The van der Waals surface area contributed by atoms with E-state index in [0.717, 1.165) is 6.42 Å². The van der Waals surface area contributed by atoms with Crippen molar-refractivity contribution in [3.8, 4) is 78.4 Å². The number of hydrogen-bond acceptors (Lipinski definition) is 0. The van der Waals surface area contributed by atoms with Crippen molar-refractivity contribution in [3.63, 3.8) is 0 Å². The molecule has 6 heterocycles. The highest BCUT2D eigenvalue weighted by atomic mass is 15.2. The monoisotopic (exact) mass is 916 g/mol. The largest absolute Gasteiger partial charge is 0.293 e. The van der Waals surface area contributed by atoms with Crippen LogP contribution in [0.15, 0.2) is 231 Å². The fourth-order valence-electron chi connectivity index (χ4n) is 14.9. The Bertz CT molecular complexity index is 4280. The second-order valence-corrected chi connectivity index (χ2v) is 21.2. The van der Waals surface area contributed by atoms with Gasteiger partial charge in [0.05, 0.1) is 22.3 Å². The number of aromatic nitrogens is 3. The van der Waals surface area contributed by atoms with Gasteiger partial charge in [-0.2, -0.15) is 13.7 Å². The molecule has 334 valence electrons. The summed E-state index contributed by atoms with van der Waals surface area (Å²) in [6.07, 6.45) is 13.9. The Kier molecular flexibility index (Phi) is 7.22. The normalized spacial score (nSPS) is 22.9. The fourth-order valence-corrected chi connectivity index (χ4v) is 14.9. The molecule has 12 bridgehead atoms. The average Bonchev–Trinajstić information content (AvgIpc) is 3.72. The zero-order valence-electron chi connectivity index (χ0n) is 40.0. The number of aryl methyl sites for hydroxylation is 2. The van der Waals surface area contributed by atoms with Gasteiger partial charge in [0.15, 0.2) is 12.4 Å². The smallest absolute Gasteiger partial charge is 0.184 e. The van der Waals surface area contributed by atoms with Crippen molar-refractivity contribution < 1.29 is 13.7 Å². The Hall–Kier alpha value is -8.79. The summed E-state index contributed by atoms with van der Waals surface area (Å²) >= 11 is 0. The number of rotatable bonds is 1. The Morgan fingerprint density at radius 1 is 0.375 bits per heavy atom. The van der Waals surface area contributed by atoms with Crippen LogP contribution in [0.2, 0.25) is 0 Å². The van der Waals surface area contributed by atoms with Gasteiger partial charge in [-0.3, -0.25) is 0 Å². The Balaban J connectivity index is 1.24. The maximum absolute atomic E-state index is 2.81. The minimum Gasteiger partial charge on any atom is -0.184 e. The predicted molar refractivity (Wildman–Crippen MR) is 287 cm³/mol. The summed E-state index contributed by atoms with van der Waals surface area (Å²) in [5, 5.41) is 0. The molecule has 3 nitrogen and oxygen atoms in total. The molecule has 5 aliphatic carbocycles. The predicted octanol–water partition coefficient (Wildman–Crippen LogP) is 13.8. The van der Waals surface area contributed by atoms with Crippen LogP contribution >= 0.6 is 0 Å². The molecule has 3 aliphatic heterocycles. The highest BCUT2D eigenvalue weighted by Crippen LogP contribution is 2.64. The molecule has 3 atom stereocenters. The lowest BCUT2D eigenvalue weighted by atomic mass is 9.57. The molecule has 72 heavy (non-hydrogen) atoms. The minimum atomic E-state index is -0.996. The van der Waals surface area contributed by atoms with E-state index in [1.165, 1.54) is 140 Å². The first-order valence-corrected chi connectivity index (χ1v) is 25.5. The average molecular weight is 917 g/mol. The van der Waals surface area contributed by atoms with Gasteiger partial charge < -0.3 is 0 Å². The second kappa shape index (κ2) is 13.3. The van der Waals surface area contributed by atoms with Crippen molar-refractivity contribution in [1.29, 1.82) is 0 Å². The van der Waals surface area contributed by atoms with Gasteiger partial charge in [-0.15, -0.1) is 0 Å². The van der Waals surface area contributed by atoms with Gasteiger partial charge in [-0.1, -0.05) is 109 Å². The van der Waals surface area contributed by atoms with Crippen LogP contribution in [0.25, 0.3) is 95.1 Å². The molecule has 0 amide bonds. The van der Waals surface area contributed by atoms with Crippen LogP contribution in [0.3, 0.4) is 0 Å². The number of hydrogen-bond donors (Lipinski definition) is 0. The molecule has 3 heteroatoms. The van der Waals surface area contributed by atoms with Crippen LogP contribution in [0.4, 0.5) is 0 Å². The summed E-state index contributed by atoms with van der Waals surface area (Å²) in [5.74, 6) is 0. The summed E-state index contributed by atoms with van der Waals surface area (Å²) < 4.78 is 8.25. The first kappa shape index (κ1) is 39.0. The highest BCUT2D eigenvalue weighted by Gasteiger charge is 2.78. The number of allylic oxidation sites excluding steroid dienone is 6. The lowest BCUT2D eigenvalue weighted by Crippen LogP contribution is -2.79. The van der Waals surface area contributed by atoms with Gasteiger partial charge in [-0.05, 0) is 148 Å². The summed E-state index contributed by atoms with van der Waals surface area (Å²) in [6, 6.07) is 77.9. The zero-order chi connectivity index (χ0) is 47.2. The third kappa shape index (κ3) is 4.53. The molecule has 0 fully saturated rings. The van der Waals surface area contributed by atoms with Crippen LogP contribution in [-0.2, 0) is 23.0 Å². The number of nitrogens with zero attached hydrogens (tertiary/aromatic N) is 3. The first-order valence-electron chi connectivity index (χ1n) is 25.5. The van der Waals surface area contributed by atoms with Crippen LogP contribution in [0.1, 0.15) is 44.5 Å². The summed E-state index contributed by atoms with van der Waals surface area (Å²) in [5.41, 5.74) is 28.3. The standard InChI is InChI=1S/C69H46N3/c1-42-23-31-64-54-28-25-45-33-48(54)37-67(70(64)40-42)39-62(56-20-11-9-16-51(45)56)68-38-49-36-59(67)55-19-10-8-17-52(55)47-27-30-58-61(35-47)69(68,72-63(21-12-22-66(58)72)44-13-4-3-5-14-44)60-34-46(50-15-6-7-18-53(49)50)26-29-57(60)65-32-24-43(2)41-71(65)68/h3-36,38-41H,37H2,1-2H3/q+3/b49-38+,59-36-,62-39-. The second-order valence-electron chi connectivity index (χ2n) is 21.2. The van der Waals surface area contributed by atoms with Gasteiger partial charge >= 0.3 is 0 Å². The van der Waals surface area contributed by atoms with Crippen molar-refractivity contribution in [2.24, 2.45) is 0 Å². The molecule has 7 aromatic carbocycles. The van der Waals surface area contributed by atoms with Crippen LogP contribution in [0.5, 0.6) is 0 Å². The van der Waals surface area contributed by atoms with Gasteiger partial charge in [0.1, 0.15) is 0 Å². The van der Waals surface area contributed by atoms with Gasteiger partial charge in [0.25, 0.3) is 11.1 Å². The molecule has 0 saturated heterocycles.